The van der Waals surface area contributed by atoms with E-state index in [1.165, 1.54) is 24.0 Å². The molecule has 2 aliphatic rings. The third kappa shape index (κ3) is 3.14. The Kier molecular flexibility index (Phi) is 4.10. The van der Waals surface area contributed by atoms with E-state index < -0.39 is 11.4 Å². The van der Waals surface area contributed by atoms with Gasteiger partial charge in [-0.3, -0.25) is 9.59 Å². The molecule has 4 heteroatoms. The Morgan fingerprint density at radius 2 is 1.78 bits per heavy atom. The summed E-state index contributed by atoms with van der Waals surface area (Å²) in [5.74, 6) is -0.541. The first-order chi connectivity index (χ1) is 12.8. The molecule has 1 amide bonds. The van der Waals surface area contributed by atoms with Crippen LogP contribution < -0.4 is 5.32 Å². The van der Waals surface area contributed by atoms with Gasteiger partial charge in [-0.05, 0) is 73.3 Å². The van der Waals surface area contributed by atoms with Gasteiger partial charge < -0.3 is 10.4 Å². The lowest BCUT2D eigenvalue weighted by atomic mass is 9.85. The first-order valence-corrected chi connectivity index (χ1v) is 9.53. The van der Waals surface area contributed by atoms with Gasteiger partial charge in [0.1, 0.15) is 0 Å². The molecule has 4 nitrogen and oxygen atoms in total. The van der Waals surface area contributed by atoms with E-state index in [9.17, 15) is 14.7 Å². The zero-order valence-electron chi connectivity index (χ0n) is 15.8. The molecule has 4 rings (SSSR count). The van der Waals surface area contributed by atoms with Crippen molar-refractivity contribution in [3.05, 3.63) is 65.2 Å². The van der Waals surface area contributed by atoms with Crippen LogP contribution in [0.25, 0.3) is 0 Å². The predicted molar refractivity (Wildman–Crippen MR) is 105 cm³/mol. The third-order valence-corrected chi connectivity index (χ3v) is 6.42. The van der Waals surface area contributed by atoms with Gasteiger partial charge in [-0.2, -0.15) is 0 Å². The maximum absolute atomic E-state index is 12.7. The first-order valence-electron chi connectivity index (χ1n) is 9.53. The lowest BCUT2D eigenvalue weighted by Gasteiger charge is -2.21. The number of nitrogens with one attached hydrogen (secondary N) is 1. The second kappa shape index (κ2) is 6.22. The molecule has 1 unspecified atom stereocenters. The second-order valence-corrected chi connectivity index (χ2v) is 8.55. The maximum atomic E-state index is 12.7. The third-order valence-electron chi connectivity index (χ3n) is 6.42. The molecule has 2 aromatic carbocycles. The monoisotopic (exact) mass is 363 g/mol. The van der Waals surface area contributed by atoms with Gasteiger partial charge in [0.15, 0.2) is 0 Å². The number of anilines is 1. The summed E-state index contributed by atoms with van der Waals surface area (Å²) in [4.78, 5) is 24.1. The van der Waals surface area contributed by atoms with Crippen LogP contribution in [0.15, 0.2) is 48.5 Å². The van der Waals surface area contributed by atoms with Crippen molar-refractivity contribution in [1.29, 1.82) is 0 Å². The molecule has 27 heavy (non-hydrogen) atoms. The van der Waals surface area contributed by atoms with Crippen molar-refractivity contribution >= 4 is 17.6 Å². The van der Waals surface area contributed by atoms with Gasteiger partial charge in [0.25, 0.3) is 0 Å². The predicted octanol–water partition coefficient (Wildman–Crippen LogP) is 4.50. The van der Waals surface area contributed by atoms with Gasteiger partial charge in [-0.15, -0.1) is 0 Å². The van der Waals surface area contributed by atoms with E-state index in [2.05, 4.69) is 29.6 Å². The summed E-state index contributed by atoms with van der Waals surface area (Å²) in [6.45, 7) is 3.35. The van der Waals surface area contributed by atoms with Crippen molar-refractivity contribution in [2.24, 2.45) is 5.41 Å². The Bertz CT molecular complexity index is 894. The SMILES string of the molecule is CC(C)(C(=O)O)c1ccc(NC(=O)CC2c3ccccc3CC23CC3)cc1. The Labute approximate surface area is 159 Å². The average molecular weight is 363 g/mol. The standard InChI is InChI=1S/C23H25NO3/c1-22(2,21(26)27)16-7-9-17(10-8-16)24-20(25)13-19-18-6-4-3-5-15(18)14-23(19)11-12-23/h3-10,19H,11-14H2,1-2H3,(H,24,25)(H,26,27). The maximum Gasteiger partial charge on any atom is 0.313 e. The Morgan fingerprint density at radius 1 is 1.11 bits per heavy atom. The average Bonchev–Trinajstić information content (AvgIpc) is 3.34. The highest BCUT2D eigenvalue weighted by Gasteiger charge is 2.54. The number of rotatable bonds is 5. The van der Waals surface area contributed by atoms with Gasteiger partial charge >= 0.3 is 5.97 Å². The molecule has 2 aromatic rings. The van der Waals surface area contributed by atoms with Crippen LogP contribution in [0.3, 0.4) is 0 Å². The number of carboxylic acids is 1. The molecule has 2 aliphatic carbocycles. The van der Waals surface area contributed by atoms with Crippen LogP contribution in [0.1, 0.15) is 55.7 Å². The normalized spacial score (nSPS) is 19.6. The Hall–Kier alpha value is -2.62. The molecule has 1 spiro atoms. The van der Waals surface area contributed by atoms with Crippen LogP contribution in [0, 0.1) is 5.41 Å². The Morgan fingerprint density at radius 3 is 2.41 bits per heavy atom. The molecule has 0 aromatic heterocycles. The molecule has 0 radical (unpaired) electrons. The van der Waals surface area contributed by atoms with Gasteiger partial charge in [0.05, 0.1) is 5.41 Å². The summed E-state index contributed by atoms with van der Waals surface area (Å²) in [6.07, 6.45) is 4.01. The van der Waals surface area contributed by atoms with Crippen molar-refractivity contribution in [3.63, 3.8) is 0 Å². The van der Waals surface area contributed by atoms with Crippen LogP contribution in [-0.2, 0) is 21.4 Å². The fourth-order valence-corrected chi connectivity index (χ4v) is 4.37. The van der Waals surface area contributed by atoms with Crippen molar-refractivity contribution < 1.29 is 14.7 Å². The number of carbonyl (C=O) groups excluding carboxylic acids is 1. The minimum atomic E-state index is -0.950. The molecule has 0 heterocycles. The van der Waals surface area contributed by atoms with Crippen molar-refractivity contribution in [3.8, 4) is 0 Å². The molecule has 1 saturated carbocycles. The number of aliphatic carboxylic acids is 1. The summed E-state index contributed by atoms with van der Waals surface area (Å²) in [7, 11) is 0. The molecule has 0 bridgehead atoms. The fraction of sp³-hybridized carbons (Fsp3) is 0.391. The van der Waals surface area contributed by atoms with Crippen LogP contribution >= 0.6 is 0 Å². The van der Waals surface area contributed by atoms with Crippen LogP contribution in [0.5, 0.6) is 0 Å². The minimum absolute atomic E-state index is 0.0215. The van der Waals surface area contributed by atoms with Gasteiger partial charge in [-0.25, -0.2) is 0 Å². The zero-order chi connectivity index (χ0) is 19.2. The van der Waals surface area contributed by atoms with E-state index in [0.717, 1.165) is 12.0 Å². The van der Waals surface area contributed by atoms with Crippen molar-refractivity contribution in [2.45, 2.75) is 50.9 Å². The summed E-state index contributed by atoms with van der Waals surface area (Å²) >= 11 is 0. The summed E-state index contributed by atoms with van der Waals surface area (Å²) in [5.41, 5.74) is 3.51. The van der Waals surface area contributed by atoms with Crippen LogP contribution in [-0.4, -0.2) is 17.0 Å². The molecule has 0 saturated heterocycles. The smallest absolute Gasteiger partial charge is 0.313 e. The minimum Gasteiger partial charge on any atom is -0.481 e. The lowest BCUT2D eigenvalue weighted by Crippen LogP contribution is -2.28. The Balaban J connectivity index is 1.45. The molecule has 0 aliphatic heterocycles. The zero-order valence-corrected chi connectivity index (χ0v) is 15.8. The summed E-state index contributed by atoms with van der Waals surface area (Å²) in [5, 5.41) is 12.3. The lowest BCUT2D eigenvalue weighted by molar-refractivity contribution is -0.142. The van der Waals surface area contributed by atoms with E-state index in [-0.39, 0.29) is 5.91 Å². The van der Waals surface area contributed by atoms with Crippen molar-refractivity contribution in [1.82, 2.24) is 0 Å². The summed E-state index contributed by atoms with van der Waals surface area (Å²) < 4.78 is 0. The second-order valence-electron chi connectivity index (χ2n) is 8.55. The number of carbonyl (C=O) groups is 2. The number of hydrogen-bond donors (Lipinski definition) is 2. The van der Waals surface area contributed by atoms with Crippen molar-refractivity contribution in [2.75, 3.05) is 5.32 Å². The molecule has 2 N–H and O–H groups in total. The number of fused-ring (bicyclic) bond motifs is 1. The highest BCUT2D eigenvalue weighted by Crippen LogP contribution is 2.64. The molecular formula is C23H25NO3. The van der Waals surface area contributed by atoms with E-state index in [1.807, 2.05) is 0 Å². The van der Waals surface area contributed by atoms with Crippen LogP contribution in [0.4, 0.5) is 5.69 Å². The van der Waals surface area contributed by atoms with E-state index >= 15 is 0 Å². The van der Waals surface area contributed by atoms with Gasteiger partial charge in [0, 0.05) is 12.1 Å². The van der Waals surface area contributed by atoms with Gasteiger partial charge in [0.2, 0.25) is 5.91 Å². The molecule has 1 atom stereocenters. The first kappa shape index (κ1) is 17.8. The van der Waals surface area contributed by atoms with E-state index in [4.69, 9.17) is 0 Å². The highest BCUT2D eigenvalue weighted by atomic mass is 16.4. The molecule has 140 valence electrons. The van der Waals surface area contributed by atoms with E-state index in [1.54, 1.807) is 38.1 Å². The number of benzene rings is 2. The van der Waals surface area contributed by atoms with Crippen LogP contribution in [0.2, 0.25) is 0 Å². The summed E-state index contributed by atoms with van der Waals surface area (Å²) in [6, 6.07) is 15.6. The highest BCUT2D eigenvalue weighted by molar-refractivity contribution is 5.91. The van der Waals surface area contributed by atoms with Gasteiger partial charge in [-0.1, -0.05) is 36.4 Å². The fourth-order valence-electron chi connectivity index (χ4n) is 4.37. The molecule has 1 fully saturated rings. The number of hydrogen-bond acceptors (Lipinski definition) is 2. The topological polar surface area (TPSA) is 66.4 Å². The number of carboxylic acid groups (broad SMARTS) is 1. The largest absolute Gasteiger partial charge is 0.481 e. The molecular weight excluding hydrogens is 338 g/mol. The van der Waals surface area contributed by atoms with E-state index in [0.29, 0.717) is 23.4 Å². The number of amides is 1. The quantitative estimate of drug-likeness (QED) is 0.822.